The van der Waals surface area contributed by atoms with Crippen molar-refractivity contribution in [2.24, 2.45) is 5.92 Å². The highest BCUT2D eigenvalue weighted by atomic mass is 28.4. The fourth-order valence-corrected chi connectivity index (χ4v) is 6.26. The number of anilines is 1. The molecule has 0 radical (unpaired) electrons. The number of fused-ring (bicyclic) bond motifs is 1. The second kappa shape index (κ2) is 10.4. The van der Waals surface area contributed by atoms with Gasteiger partial charge in [-0.05, 0) is 36.3 Å². The van der Waals surface area contributed by atoms with Gasteiger partial charge in [-0.25, -0.2) is 15.0 Å². The smallest absolute Gasteiger partial charge is 0.305 e. The zero-order valence-corrected chi connectivity index (χ0v) is 26.3. The van der Waals surface area contributed by atoms with Crippen LogP contribution in [0.25, 0.3) is 11.2 Å². The summed E-state index contributed by atoms with van der Waals surface area (Å²) in [5.74, 6) is -0.294. The molecule has 208 valence electrons. The molecule has 1 aliphatic heterocycles. The molecule has 4 atom stereocenters. The van der Waals surface area contributed by atoms with Crippen LogP contribution in [0.3, 0.4) is 0 Å². The van der Waals surface area contributed by atoms with Crippen molar-refractivity contribution in [2.75, 3.05) is 19.5 Å². The lowest BCUT2D eigenvalue weighted by Gasteiger charge is -2.41. The van der Waals surface area contributed by atoms with Crippen LogP contribution in [0.5, 0.6) is 0 Å². The number of nitrogens with zero attached hydrogens (tertiary/aromatic N) is 4. The average molecular weight is 552 g/mol. The fourth-order valence-electron chi connectivity index (χ4n) is 3.92. The number of carbonyl (C=O) groups excluding carboxylic acids is 1. The molecular weight excluding hydrogens is 506 g/mol. The molecule has 0 saturated carbocycles. The molecule has 1 saturated heterocycles. The topological polar surface area (TPSA) is 124 Å². The average Bonchev–Trinajstić information content (AvgIpc) is 3.33. The van der Waals surface area contributed by atoms with Gasteiger partial charge in [0.1, 0.15) is 11.8 Å². The first-order valence-electron chi connectivity index (χ1n) is 12.9. The van der Waals surface area contributed by atoms with Gasteiger partial charge in [0.05, 0.1) is 38.7 Å². The summed E-state index contributed by atoms with van der Waals surface area (Å²) in [6.45, 7) is 22.4. The lowest BCUT2D eigenvalue weighted by atomic mass is 9.94. The first-order chi connectivity index (χ1) is 16.9. The first kappa shape index (κ1) is 29.7. The Morgan fingerprint density at radius 1 is 1.05 bits per heavy atom. The third kappa shape index (κ3) is 6.08. The number of esters is 1. The highest BCUT2D eigenvalue weighted by molar-refractivity contribution is 6.74. The van der Waals surface area contributed by atoms with E-state index in [0.29, 0.717) is 23.6 Å². The summed E-state index contributed by atoms with van der Waals surface area (Å²) in [4.78, 5) is 25.6. The largest absolute Gasteiger partial charge is 0.469 e. The third-order valence-electron chi connectivity index (χ3n) is 8.44. The fraction of sp³-hybridized carbons (Fsp3) is 0.760. The maximum atomic E-state index is 12.6. The van der Waals surface area contributed by atoms with E-state index in [1.54, 1.807) is 6.33 Å². The second-order valence-corrected chi connectivity index (χ2v) is 22.6. The minimum atomic E-state index is -2.28. The number of nitrogens with two attached hydrogens (primary N) is 1. The van der Waals surface area contributed by atoms with Crippen LogP contribution in [0, 0.1) is 5.92 Å². The summed E-state index contributed by atoms with van der Waals surface area (Å²) in [7, 11) is -2.95. The summed E-state index contributed by atoms with van der Waals surface area (Å²) in [6.07, 6.45) is 1.83. The van der Waals surface area contributed by atoms with Gasteiger partial charge in [0.15, 0.2) is 34.3 Å². The lowest BCUT2D eigenvalue weighted by molar-refractivity contribution is -0.143. The van der Waals surface area contributed by atoms with Crippen molar-refractivity contribution in [1.82, 2.24) is 19.5 Å². The van der Waals surface area contributed by atoms with Crippen LogP contribution in [0.1, 0.15) is 54.2 Å². The summed E-state index contributed by atoms with van der Waals surface area (Å²) >= 11 is 0. The number of ether oxygens (including phenoxy) is 2. The number of aromatic nitrogens is 4. The molecule has 10 nitrogen and oxygen atoms in total. The van der Waals surface area contributed by atoms with Crippen molar-refractivity contribution in [3.8, 4) is 0 Å². The Bertz CT molecular complexity index is 1110. The number of nitrogen functional groups attached to an aromatic ring is 1. The standard InChI is InChI=1S/C25H45N5O5Si2/c1-24(2,3)36(8,9)33-13-17-16(12-18(31)32-7)20(35-37(10,11)25(4,5)6)23(34-17)30-15-29-19-21(26)27-14-28-22(19)30/h14-17,20,23H,12-13H2,1-11H3,(H2,26,27,28)/t16-,17-,20-,23-/m1/s1. The predicted molar refractivity (Wildman–Crippen MR) is 149 cm³/mol. The Hall–Kier alpha value is -1.87. The predicted octanol–water partition coefficient (Wildman–Crippen LogP) is 4.90. The molecular formula is C25H45N5O5Si2. The summed E-state index contributed by atoms with van der Waals surface area (Å²) in [6, 6.07) is 0. The van der Waals surface area contributed by atoms with E-state index in [4.69, 9.17) is 24.1 Å². The van der Waals surface area contributed by atoms with Gasteiger partial charge in [-0.1, -0.05) is 41.5 Å². The molecule has 37 heavy (non-hydrogen) atoms. The molecule has 1 aliphatic rings. The zero-order chi connectivity index (χ0) is 28.0. The van der Waals surface area contributed by atoms with Crippen LogP contribution in [-0.2, 0) is 23.1 Å². The zero-order valence-electron chi connectivity index (χ0n) is 24.3. The normalized spacial score (nSPS) is 23.5. The number of imidazole rings is 1. The molecule has 2 aromatic heterocycles. The van der Waals surface area contributed by atoms with Gasteiger partial charge in [0, 0.05) is 5.92 Å². The second-order valence-electron chi connectivity index (χ2n) is 13.0. The SMILES string of the molecule is COC(=O)C[C@H]1[C@@H](O[Si](C)(C)C(C)(C)C)[C@H](n2cnc3c(N)ncnc32)O[C@@H]1CO[Si](C)(C)C(C)(C)C. The molecule has 12 heteroatoms. The number of hydrogen-bond acceptors (Lipinski definition) is 9. The van der Waals surface area contributed by atoms with E-state index in [-0.39, 0.29) is 34.5 Å². The Balaban J connectivity index is 2.07. The van der Waals surface area contributed by atoms with Crippen LogP contribution in [0.15, 0.2) is 12.7 Å². The van der Waals surface area contributed by atoms with E-state index in [2.05, 4.69) is 82.7 Å². The molecule has 2 aromatic rings. The Kier molecular flexibility index (Phi) is 8.31. The minimum absolute atomic E-state index is 0.0366. The molecule has 3 heterocycles. The highest BCUT2D eigenvalue weighted by Gasteiger charge is 2.52. The van der Waals surface area contributed by atoms with E-state index in [1.165, 1.54) is 13.4 Å². The van der Waals surface area contributed by atoms with Gasteiger partial charge < -0.3 is 24.1 Å². The van der Waals surface area contributed by atoms with Gasteiger partial charge in [-0.2, -0.15) is 0 Å². The maximum absolute atomic E-state index is 12.6. The van der Waals surface area contributed by atoms with Gasteiger partial charge in [0.2, 0.25) is 0 Å². The minimum Gasteiger partial charge on any atom is -0.469 e. The molecule has 0 unspecified atom stereocenters. The molecule has 0 aliphatic carbocycles. The van der Waals surface area contributed by atoms with Crippen molar-refractivity contribution in [1.29, 1.82) is 0 Å². The summed E-state index contributed by atoms with van der Waals surface area (Å²) < 4.78 is 27.2. The van der Waals surface area contributed by atoms with Gasteiger partial charge in [0.25, 0.3) is 0 Å². The number of rotatable bonds is 8. The monoisotopic (exact) mass is 551 g/mol. The molecule has 1 fully saturated rings. The maximum Gasteiger partial charge on any atom is 0.305 e. The van der Waals surface area contributed by atoms with Crippen LogP contribution >= 0.6 is 0 Å². The van der Waals surface area contributed by atoms with Crippen molar-refractivity contribution < 1.29 is 23.1 Å². The number of hydrogen-bond donors (Lipinski definition) is 1. The molecule has 0 aromatic carbocycles. The van der Waals surface area contributed by atoms with Crippen LogP contribution in [0.2, 0.25) is 36.3 Å². The Labute approximate surface area is 222 Å². The van der Waals surface area contributed by atoms with Gasteiger partial charge >= 0.3 is 5.97 Å². The van der Waals surface area contributed by atoms with Gasteiger partial charge in [-0.15, -0.1) is 0 Å². The molecule has 0 bridgehead atoms. The van der Waals surface area contributed by atoms with E-state index >= 15 is 0 Å². The molecule has 3 rings (SSSR count). The summed E-state index contributed by atoms with van der Waals surface area (Å²) in [5.41, 5.74) is 7.13. The van der Waals surface area contributed by atoms with Crippen molar-refractivity contribution in [2.45, 2.75) is 103 Å². The number of methoxy groups -OCH3 is 1. The number of carbonyl (C=O) groups is 1. The quantitative estimate of drug-likeness (QED) is 0.360. The highest BCUT2D eigenvalue weighted by Crippen LogP contribution is 2.46. The van der Waals surface area contributed by atoms with E-state index in [9.17, 15) is 4.79 Å². The van der Waals surface area contributed by atoms with E-state index in [0.717, 1.165) is 0 Å². The van der Waals surface area contributed by atoms with Crippen molar-refractivity contribution in [3.63, 3.8) is 0 Å². The van der Waals surface area contributed by atoms with Gasteiger partial charge in [-0.3, -0.25) is 9.36 Å². The Morgan fingerprint density at radius 2 is 1.68 bits per heavy atom. The molecule has 0 amide bonds. The van der Waals surface area contributed by atoms with Crippen LogP contribution in [-0.4, -0.2) is 68.0 Å². The van der Waals surface area contributed by atoms with Crippen LogP contribution < -0.4 is 5.73 Å². The van der Waals surface area contributed by atoms with E-state index in [1.807, 2.05) is 4.57 Å². The Morgan fingerprint density at radius 3 is 2.24 bits per heavy atom. The van der Waals surface area contributed by atoms with E-state index < -0.39 is 29.0 Å². The molecule has 0 spiro atoms. The summed E-state index contributed by atoms with van der Waals surface area (Å²) in [5, 5.41) is -0.0123. The van der Waals surface area contributed by atoms with Crippen LogP contribution in [0.4, 0.5) is 5.82 Å². The lowest BCUT2D eigenvalue weighted by Crippen LogP contribution is -2.48. The molecule has 2 N–H and O–H groups in total. The first-order valence-corrected chi connectivity index (χ1v) is 18.7. The van der Waals surface area contributed by atoms with Crippen molar-refractivity contribution in [3.05, 3.63) is 12.7 Å². The van der Waals surface area contributed by atoms with Crippen molar-refractivity contribution >= 4 is 39.6 Å². The third-order valence-corrected chi connectivity index (χ3v) is 17.4.